The number of H-pyrrole nitrogens is 1. The first-order valence-electron chi connectivity index (χ1n) is 13.7. The summed E-state index contributed by atoms with van der Waals surface area (Å²) < 4.78 is 0. The van der Waals surface area contributed by atoms with E-state index in [1.165, 1.54) is 19.3 Å². The van der Waals surface area contributed by atoms with Crippen molar-refractivity contribution in [3.8, 4) is 0 Å². The Morgan fingerprint density at radius 1 is 1.03 bits per heavy atom. The molecule has 0 atom stereocenters. The SMILES string of the molecule is CC(=O)N1CCCCCCCN(CC(C)C)Cc2cc(C(=O)NCc3nc4ccc(C)cc4[nH]3)ccc21. The highest BCUT2D eigenvalue weighted by Crippen LogP contribution is 2.26. The Labute approximate surface area is 220 Å². The van der Waals surface area contributed by atoms with E-state index in [-0.39, 0.29) is 11.8 Å². The number of benzene rings is 2. The summed E-state index contributed by atoms with van der Waals surface area (Å²) in [6.07, 6.45) is 5.72. The molecule has 0 aliphatic carbocycles. The Balaban J connectivity index is 1.57. The van der Waals surface area contributed by atoms with Crippen LogP contribution in [0, 0.1) is 12.8 Å². The van der Waals surface area contributed by atoms with Gasteiger partial charge in [-0.3, -0.25) is 14.5 Å². The van der Waals surface area contributed by atoms with Gasteiger partial charge in [0.1, 0.15) is 5.82 Å². The molecule has 0 saturated heterocycles. The van der Waals surface area contributed by atoms with Crippen LogP contribution in [0.15, 0.2) is 36.4 Å². The van der Waals surface area contributed by atoms with E-state index in [1.54, 1.807) is 6.92 Å². The molecule has 0 unspecified atom stereocenters. The monoisotopic (exact) mass is 503 g/mol. The van der Waals surface area contributed by atoms with Gasteiger partial charge in [-0.15, -0.1) is 0 Å². The zero-order valence-corrected chi connectivity index (χ0v) is 22.8. The number of amides is 2. The lowest BCUT2D eigenvalue weighted by atomic mass is 10.0. The number of aromatic amines is 1. The number of nitrogens with one attached hydrogen (secondary N) is 2. The first-order chi connectivity index (χ1) is 17.8. The lowest BCUT2D eigenvalue weighted by Crippen LogP contribution is -2.34. The Morgan fingerprint density at radius 3 is 2.54 bits per heavy atom. The minimum absolute atomic E-state index is 0.0473. The zero-order valence-electron chi connectivity index (χ0n) is 22.8. The van der Waals surface area contributed by atoms with Gasteiger partial charge >= 0.3 is 0 Å². The average Bonchev–Trinajstić information content (AvgIpc) is 3.25. The average molecular weight is 504 g/mol. The number of carbonyl (C=O) groups is 2. The van der Waals surface area contributed by atoms with Crippen molar-refractivity contribution < 1.29 is 9.59 Å². The third-order valence-corrected chi connectivity index (χ3v) is 6.99. The van der Waals surface area contributed by atoms with Crippen LogP contribution in [0.2, 0.25) is 0 Å². The molecule has 4 rings (SSSR count). The van der Waals surface area contributed by atoms with E-state index in [0.717, 1.165) is 66.1 Å². The molecule has 1 aliphatic rings. The minimum Gasteiger partial charge on any atom is -0.345 e. The quantitative estimate of drug-likeness (QED) is 0.477. The fourth-order valence-corrected chi connectivity index (χ4v) is 5.22. The van der Waals surface area contributed by atoms with E-state index in [9.17, 15) is 9.59 Å². The van der Waals surface area contributed by atoms with Gasteiger partial charge in [-0.2, -0.15) is 0 Å². The van der Waals surface area contributed by atoms with Gasteiger partial charge in [-0.25, -0.2) is 4.98 Å². The van der Waals surface area contributed by atoms with Gasteiger partial charge in [-0.1, -0.05) is 39.2 Å². The van der Waals surface area contributed by atoms with Crippen LogP contribution >= 0.6 is 0 Å². The number of anilines is 1. The van der Waals surface area contributed by atoms with Crippen molar-refractivity contribution in [2.24, 2.45) is 5.92 Å². The number of nitrogens with zero attached hydrogens (tertiary/aromatic N) is 3. The number of carbonyl (C=O) groups excluding carboxylic acids is 2. The highest BCUT2D eigenvalue weighted by Gasteiger charge is 2.20. The maximum absolute atomic E-state index is 13.2. The lowest BCUT2D eigenvalue weighted by Gasteiger charge is -2.30. The molecule has 0 saturated carbocycles. The van der Waals surface area contributed by atoms with Gasteiger partial charge in [0, 0.05) is 37.8 Å². The molecule has 3 aromatic rings. The molecule has 0 radical (unpaired) electrons. The van der Waals surface area contributed by atoms with Crippen molar-refractivity contribution in [1.82, 2.24) is 20.2 Å². The predicted molar refractivity (Wildman–Crippen MR) is 150 cm³/mol. The van der Waals surface area contributed by atoms with Crippen molar-refractivity contribution in [3.63, 3.8) is 0 Å². The molecular formula is C30H41N5O2. The van der Waals surface area contributed by atoms with Gasteiger partial charge in [0.2, 0.25) is 5.91 Å². The van der Waals surface area contributed by atoms with Crippen molar-refractivity contribution in [2.75, 3.05) is 24.5 Å². The van der Waals surface area contributed by atoms with Crippen molar-refractivity contribution >= 4 is 28.5 Å². The van der Waals surface area contributed by atoms with Crippen LogP contribution in [0.1, 0.15) is 80.2 Å². The van der Waals surface area contributed by atoms with E-state index in [2.05, 4.69) is 40.1 Å². The second-order valence-electron chi connectivity index (χ2n) is 10.8. The summed E-state index contributed by atoms with van der Waals surface area (Å²) in [5.41, 5.74) is 5.58. The number of hydrogen-bond acceptors (Lipinski definition) is 4. The number of fused-ring (bicyclic) bond motifs is 2. The summed E-state index contributed by atoms with van der Waals surface area (Å²) in [6, 6.07) is 11.8. The highest BCUT2D eigenvalue weighted by molar-refractivity contribution is 5.97. The van der Waals surface area contributed by atoms with E-state index in [4.69, 9.17) is 0 Å². The molecule has 7 nitrogen and oxygen atoms in total. The fourth-order valence-electron chi connectivity index (χ4n) is 5.22. The van der Waals surface area contributed by atoms with Crippen LogP contribution in [-0.4, -0.2) is 46.3 Å². The fraction of sp³-hybridized carbons (Fsp3) is 0.500. The molecule has 2 heterocycles. The van der Waals surface area contributed by atoms with Crippen LogP contribution in [0.4, 0.5) is 5.69 Å². The standard InChI is InChI=1S/C30H41N5O2/c1-21(2)19-34-14-8-6-5-7-9-15-35(23(4)36)28-13-11-24(17-25(28)20-34)30(37)31-18-29-32-26-12-10-22(3)16-27(26)33-29/h10-13,16-17,21H,5-9,14-15,18-20H2,1-4H3,(H,31,37)(H,32,33). The van der Waals surface area contributed by atoms with Crippen molar-refractivity contribution in [1.29, 1.82) is 0 Å². The molecule has 0 bridgehead atoms. The van der Waals surface area contributed by atoms with Gasteiger partial charge in [-0.05, 0) is 73.7 Å². The Hall–Kier alpha value is -3.19. The molecular weight excluding hydrogens is 462 g/mol. The summed E-state index contributed by atoms with van der Waals surface area (Å²) in [5, 5.41) is 3.02. The summed E-state index contributed by atoms with van der Waals surface area (Å²) >= 11 is 0. The summed E-state index contributed by atoms with van der Waals surface area (Å²) in [4.78, 5) is 38.1. The second kappa shape index (κ2) is 12.4. The van der Waals surface area contributed by atoms with Crippen LogP contribution < -0.4 is 10.2 Å². The Bertz CT molecular complexity index is 1230. The molecule has 0 fully saturated rings. The molecule has 7 heteroatoms. The Morgan fingerprint density at radius 2 is 1.78 bits per heavy atom. The van der Waals surface area contributed by atoms with E-state index in [1.807, 2.05) is 42.2 Å². The third-order valence-electron chi connectivity index (χ3n) is 6.99. The number of hydrogen-bond donors (Lipinski definition) is 2. The maximum Gasteiger partial charge on any atom is 0.251 e. The van der Waals surface area contributed by atoms with Crippen LogP contribution in [-0.2, 0) is 17.9 Å². The topological polar surface area (TPSA) is 81.3 Å². The molecule has 1 aromatic heterocycles. The van der Waals surface area contributed by atoms with Crippen LogP contribution in [0.5, 0.6) is 0 Å². The van der Waals surface area contributed by atoms with Gasteiger partial charge in [0.15, 0.2) is 0 Å². The third kappa shape index (κ3) is 7.19. The zero-order chi connectivity index (χ0) is 26.4. The predicted octanol–water partition coefficient (Wildman–Crippen LogP) is 5.58. The van der Waals surface area contributed by atoms with E-state index in [0.29, 0.717) is 24.6 Å². The molecule has 1 aliphatic heterocycles. The summed E-state index contributed by atoms with van der Waals surface area (Å²) in [7, 11) is 0. The van der Waals surface area contributed by atoms with Gasteiger partial charge < -0.3 is 15.2 Å². The van der Waals surface area contributed by atoms with Crippen molar-refractivity contribution in [3.05, 3.63) is 58.9 Å². The largest absolute Gasteiger partial charge is 0.345 e. The molecule has 37 heavy (non-hydrogen) atoms. The lowest BCUT2D eigenvalue weighted by molar-refractivity contribution is -0.116. The van der Waals surface area contributed by atoms with Gasteiger partial charge in [0.05, 0.1) is 17.6 Å². The van der Waals surface area contributed by atoms with Crippen LogP contribution in [0.3, 0.4) is 0 Å². The minimum atomic E-state index is -0.143. The smallest absolute Gasteiger partial charge is 0.251 e. The Kier molecular flexibility index (Phi) is 8.98. The molecule has 0 spiro atoms. The molecule has 2 amide bonds. The first-order valence-corrected chi connectivity index (χ1v) is 13.7. The normalized spacial score (nSPS) is 15.8. The summed E-state index contributed by atoms with van der Waals surface area (Å²) in [6.45, 7) is 11.9. The molecule has 198 valence electrons. The van der Waals surface area contributed by atoms with E-state index >= 15 is 0 Å². The molecule has 2 aromatic carbocycles. The number of aryl methyl sites for hydroxylation is 1. The maximum atomic E-state index is 13.2. The first kappa shape index (κ1) is 26.9. The number of aromatic nitrogens is 2. The highest BCUT2D eigenvalue weighted by atomic mass is 16.2. The second-order valence-corrected chi connectivity index (χ2v) is 10.8. The van der Waals surface area contributed by atoms with Gasteiger partial charge in [0.25, 0.3) is 5.91 Å². The van der Waals surface area contributed by atoms with Crippen LogP contribution in [0.25, 0.3) is 11.0 Å². The van der Waals surface area contributed by atoms with E-state index < -0.39 is 0 Å². The summed E-state index contributed by atoms with van der Waals surface area (Å²) in [5.74, 6) is 1.17. The molecule has 2 N–H and O–H groups in total. The number of rotatable bonds is 5. The number of imidazole rings is 1. The van der Waals surface area contributed by atoms with Crippen molar-refractivity contribution in [2.45, 2.75) is 72.9 Å².